The first kappa shape index (κ1) is 14.1. The summed E-state index contributed by atoms with van der Waals surface area (Å²) in [5.41, 5.74) is 2.59. The zero-order valence-electron chi connectivity index (χ0n) is 12.1. The monoisotopic (exact) mass is 261 g/mol. The van der Waals surface area contributed by atoms with Crippen molar-refractivity contribution in [3.63, 3.8) is 0 Å². The Morgan fingerprint density at radius 3 is 2.63 bits per heavy atom. The molecule has 1 N–H and O–H groups in total. The van der Waals surface area contributed by atoms with Gasteiger partial charge in [0.15, 0.2) is 0 Å². The first-order chi connectivity index (χ1) is 8.95. The van der Waals surface area contributed by atoms with Crippen molar-refractivity contribution in [2.45, 2.75) is 38.5 Å². The molecule has 0 aliphatic carbocycles. The summed E-state index contributed by atoms with van der Waals surface area (Å²) in [6.45, 7) is 5.91. The van der Waals surface area contributed by atoms with Gasteiger partial charge in [0, 0.05) is 0 Å². The summed E-state index contributed by atoms with van der Waals surface area (Å²) in [5, 5.41) is 9.83. The molecule has 0 bridgehead atoms. The predicted octanol–water partition coefficient (Wildman–Crippen LogP) is 2.74. The molecule has 0 saturated carbocycles. The first-order valence-electron chi connectivity index (χ1n) is 6.95. The molecule has 1 atom stereocenters. The van der Waals surface area contributed by atoms with Crippen molar-refractivity contribution in [1.82, 2.24) is 4.90 Å². The van der Waals surface area contributed by atoms with Crippen molar-refractivity contribution < 1.29 is 9.90 Å². The molecule has 1 saturated heterocycles. The Morgan fingerprint density at radius 1 is 1.26 bits per heavy atom. The lowest BCUT2D eigenvalue weighted by Gasteiger charge is -2.30. The van der Waals surface area contributed by atoms with E-state index >= 15 is 0 Å². The highest BCUT2D eigenvalue weighted by molar-refractivity contribution is 5.82. The Hall–Kier alpha value is -1.35. The van der Waals surface area contributed by atoms with Crippen molar-refractivity contribution in [3.8, 4) is 0 Å². The van der Waals surface area contributed by atoms with Crippen LogP contribution in [0.1, 0.15) is 36.0 Å². The smallest absolute Gasteiger partial charge is 0.314 e. The second kappa shape index (κ2) is 5.33. The second-order valence-electron chi connectivity index (χ2n) is 5.86. The largest absolute Gasteiger partial charge is 0.481 e. The molecule has 1 unspecified atom stereocenters. The quantitative estimate of drug-likeness (QED) is 0.890. The summed E-state index contributed by atoms with van der Waals surface area (Å²) in [5.74, 6) is -0.672. The van der Waals surface area contributed by atoms with E-state index in [1.807, 2.05) is 26.0 Å². The van der Waals surface area contributed by atoms with Crippen LogP contribution in [0.3, 0.4) is 0 Å². The summed E-state index contributed by atoms with van der Waals surface area (Å²) in [4.78, 5) is 14.2. The highest BCUT2D eigenvalue weighted by atomic mass is 16.4. The number of aryl methyl sites for hydroxylation is 2. The van der Waals surface area contributed by atoms with Crippen LogP contribution in [0.15, 0.2) is 18.2 Å². The fourth-order valence-electron chi connectivity index (χ4n) is 3.22. The normalized spacial score (nSPS) is 25.0. The van der Waals surface area contributed by atoms with Gasteiger partial charge in [-0.3, -0.25) is 4.79 Å². The van der Waals surface area contributed by atoms with Gasteiger partial charge in [0.1, 0.15) is 0 Å². The van der Waals surface area contributed by atoms with Crippen molar-refractivity contribution in [2.24, 2.45) is 0 Å². The number of carbonyl (C=O) groups is 1. The van der Waals surface area contributed by atoms with Gasteiger partial charge in [-0.05, 0) is 64.4 Å². The molecule has 3 nitrogen and oxygen atoms in total. The molecule has 0 spiro atoms. The maximum Gasteiger partial charge on any atom is 0.314 e. The molecular weight excluding hydrogens is 238 g/mol. The molecule has 2 rings (SSSR count). The van der Waals surface area contributed by atoms with E-state index in [1.54, 1.807) is 0 Å². The van der Waals surface area contributed by atoms with Gasteiger partial charge in [-0.15, -0.1) is 0 Å². The Kier molecular flexibility index (Phi) is 3.95. The van der Waals surface area contributed by atoms with Crippen LogP contribution in [0.4, 0.5) is 0 Å². The van der Waals surface area contributed by atoms with Gasteiger partial charge in [0.2, 0.25) is 0 Å². The molecule has 1 heterocycles. The van der Waals surface area contributed by atoms with Crippen molar-refractivity contribution in [1.29, 1.82) is 0 Å². The lowest BCUT2D eigenvalue weighted by atomic mass is 9.72. The lowest BCUT2D eigenvalue weighted by Crippen LogP contribution is -2.37. The number of likely N-dealkylation sites (tertiary alicyclic amines) is 1. The highest BCUT2D eigenvalue weighted by Gasteiger charge is 2.41. The van der Waals surface area contributed by atoms with E-state index in [4.69, 9.17) is 0 Å². The third-order valence-corrected chi connectivity index (χ3v) is 4.37. The van der Waals surface area contributed by atoms with E-state index in [0.717, 1.165) is 37.1 Å². The minimum absolute atomic E-state index is 0.672. The molecule has 1 aliphatic rings. The molecule has 0 aromatic heterocycles. The van der Waals surface area contributed by atoms with Crippen molar-refractivity contribution >= 4 is 5.97 Å². The number of hydrogen-bond acceptors (Lipinski definition) is 2. The summed E-state index contributed by atoms with van der Waals surface area (Å²) >= 11 is 0. The molecule has 0 radical (unpaired) electrons. The van der Waals surface area contributed by atoms with Gasteiger partial charge >= 0.3 is 5.97 Å². The summed E-state index contributed by atoms with van der Waals surface area (Å²) in [6, 6.07) is 6.14. The number of benzene rings is 1. The van der Waals surface area contributed by atoms with Crippen LogP contribution in [0.25, 0.3) is 0 Å². The molecule has 104 valence electrons. The van der Waals surface area contributed by atoms with Crippen LogP contribution in [-0.2, 0) is 10.2 Å². The maximum atomic E-state index is 12.0. The Bertz CT molecular complexity index is 484. The van der Waals surface area contributed by atoms with Crippen LogP contribution in [0.2, 0.25) is 0 Å². The molecule has 1 aromatic rings. The summed E-state index contributed by atoms with van der Waals surface area (Å²) in [6.07, 6.45) is 2.37. The standard InChI is InChI=1S/C16H23NO2/c1-12-5-6-14(13(2)11-12)16(15(18)19)7-4-9-17(3)10-8-16/h5-6,11H,4,7-10H2,1-3H3,(H,18,19). The SMILES string of the molecule is Cc1ccc(C2(C(=O)O)CCCN(C)CC2)c(C)c1. The highest BCUT2D eigenvalue weighted by Crippen LogP contribution is 2.37. The number of nitrogens with zero attached hydrogens (tertiary/aromatic N) is 1. The third-order valence-electron chi connectivity index (χ3n) is 4.37. The number of carboxylic acid groups (broad SMARTS) is 1. The minimum Gasteiger partial charge on any atom is -0.481 e. The van der Waals surface area contributed by atoms with E-state index in [0.29, 0.717) is 6.42 Å². The van der Waals surface area contributed by atoms with Gasteiger partial charge in [0.05, 0.1) is 5.41 Å². The third kappa shape index (κ3) is 2.66. The van der Waals surface area contributed by atoms with Gasteiger partial charge in [0.25, 0.3) is 0 Å². The first-order valence-corrected chi connectivity index (χ1v) is 6.95. The van der Waals surface area contributed by atoms with Crippen molar-refractivity contribution in [2.75, 3.05) is 20.1 Å². The van der Waals surface area contributed by atoms with Crippen LogP contribution in [0.5, 0.6) is 0 Å². The Morgan fingerprint density at radius 2 is 2.00 bits per heavy atom. The predicted molar refractivity (Wildman–Crippen MR) is 76.6 cm³/mol. The van der Waals surface area contributed by atoms with Crippen LogP contribution >= 0.6 is 0 Å². The van der Waals surface area contributed by atoms with E-state index in [-0.39, 0.29) is 0 Å². The van der Waals surface area contributed by atoms with Gasteiger partial charge < -0.3 is 10.0 Å². The zero-order valence-corrected chi connectivity index (χ0v) is 12.1. The second-order valence-corrected chi connectivity index (χ2v) is 5.86. The minimum atomic E-state index is -0.706. The van der Waals surface area contributed by atoms with Crippen LogP contribution < -0.4 is 0 Å². The number of aliphatic carboxylic acids is 1. The zero-order chi connectivity index (χ0) is 14.0. The molecule has 19 heavy (non-hydrogen) atoms. The fraction of sp³-hybridized carbons (Fsp3) is 0.562. The topological polar surface area (TPSA) is 40.5 Å². The van der Waals surface area contributed by atoms with Crippen LogP contribution in [0, 0.1) is 13.8 Å². The summed E-state index contributed by atoms with van der Waals surface area (Å²) < 4.78 is 0. The van der Waals surface area contributed by atoms with E-state index in [1.165, 1.54) is 5.56 Å². The average Bonchev–Trinajstić information content (AvgIpc) is 2.52. The van der Waals surface area contributed by atoms with E-state index in [2.05, 4.69) is 18.0 Å². The number of hydrogen-bond donors (Lipinski definition) is 1. The summed E-state index contributed by atoms with van der Waals surface area (Å²) in [7, 11) is 2.07. The fourth-order valence-corrected chi connectivity index (χ4v) is 3.22. The molecule has 1 aromatic carbocycles. The van der Waals surface area contributed by atoms with E-state index in [9.17, 15) is 9.90 Å². The molecule has 1 fully saturated rings. The lowest BCUT2D eigenvalue weighted by molar-refractivity contribution is -0.144. The Balaban J connectivity index is 2.46. The van der Waals surface area contributed by atoms with Gasteiger partial charge in [-0.1, -0.05) is 23.8 Å². The van der Waals surface area contributed by atoms with E-state index < -0.39 is 11.4 Å². The van der Waals surface area contributed by atoms with Crippen molar-refractivity contribution in [3.05, 3.63) is 34.9 Å². The van der Waals surface area contributed by atoms with Gasteiger partial charge in [-0.2, -0.15) is 0 Å². The maximum absolute atomic E-state index is 12.0. The van der Waals surface area contributed by atoms with Crippen LogP contribution in [-0.4, -0.2) is 36.1 Å². The average molecular weight is 261 g/mol. The number of carboxylic acids is 1. The molecule has 3 heteroatoms. The molecular formula is C16H23NO2. The van der Waals surface area contributed by atoms with Gasteiger partial charge in [-0.25, -0.2) is 0 Å². The molecule has 0 amide bonds. The molecule has 1 aliphatic heterocycles. The Labute approximate surface area is 115 Å². The number of rotatable bonds is 2.